The van der Waals surface area contributed by atoms with Gasteiger partial charge in [-0.25, -0.2) is 13.9 Å². The standard InChI is InChI=1S/C42H46F3N2O17P/c1-26(48)56-25-34(61-28(3)50)37(62-29(4)51)38-36(47-35(52)21-46-39(53)42(43,44)45)33(60-27(2)49)20-41(63-38,40(54)57-22-30-14-8-5-9-15-30)64-65(55,58-23-31-16-10-6-11-17-31)59-24-32-18-12-7-13-19-32/h5-19,33-34,36-38H,20-25H2,1-4H3,(H,46,53)(H,47,52)/t33?,34-,36?,37-,38?,41?/m1/s1. The Hall–Kier alpha value is -6.19. The van der Waals surface area contributed by atoms with E-state index in [0.29, 0.717) is 16.7 Å². The molecule has 1 fully saturated rings. The third-order valence-electron chi connectivity index (χ3n) is 8.87. The summed E-state index contributed by atoms with van der Waals surface area (Å²) >= 11 is 0. The van der Waals surface area contributed by atoms with Crippen molar-refractivity contribution < 1.29 is 93.3 Å². The fourth-order valence-electron chi connectivity index (χ4n) is 6.16. The summed E-state index contributed by atoms with van der Waals surface area (Å²) in [5.74, 6) is -12.9. The van der Waals surface area contributed by atoms with Gasteiger partial charge >= 0.3 is 49.8 Å². The molecule has 352 valence electrons. The van der Waals surface area contributed by atoms with E-state index in [1.165, 1.54) is 5.32 Å². The second kappa shape index (κ2) is 23.7. The minimum atomic E-state index is -5.42. The van der Waals surface area contributed by atoms with Gasteiger partial charge in [-0.2, -0.15) is 13.2 Å². The molecule has 4 unspecified atom stereocenters. The van der Waals surface area contributed by atoms with Gasteiger partial charge in [-0.3, -0.25) is 37.8 Å². The van der Waals surface area contributed by atoms with Crippen LogP contribution in [0.25, 0.3) is 0 Å². The third-order valence-corrected chi connectivity index (χ3v) is 10.3. The topological polar surface area (TPSA) is 244 Å². The van der Waals surface area contributed by atoms with Crippen molar-refractivity contribution in [3.05, 3.63) is 108 Å². The largest absolute Gasteiger partial charge is 0.478 e. The van der Waals surface area contributed by atoms with Crippen molar-refractivity contribution in [3.8, 4) is 0 Å². The lowest BCUT2D eigenvalue weighted by molar-refractivity contribution is -0.295. The van der Waals surface area contributed by atoms with Crippen molar-refractivity contribution in [1.29, 1.82) is 0 Å². The lowest BCUT2D eigenvalue weighted by atomic mass is 9.88. The first-order valence-electron chi connectivity index (χ1n) is 19.5. The maximum Gasteiger partial charge on any atom is 0.478 e. The Bertz CT molecular complexity index is 2120. The number of alkyl halides is 3. The van der Waals surface area contributed by atoms with E-state index in [4.69, 9.17) is 42.0 Å². The molecule has 1 aliphatic rings. The molecule has 0 saturated carbocycles. The summed E-state index contributed by atoms with van der Waals surface area (Å²) in [6, 6.07) is 22.5. The SMILES string of the molecule is CC(=O)OC[C@@H](OC(C)=O)[C@@H](OC(C)=O)C1OC(OP(=O)(OCc2ccccc2)OCc2ccccc2)(C(=O)OCc2ccccc2)CC(OC(C)=O)C1NC(=O)CNC(=O)C(F)(F)F. The zero-order valence-electron chi connectivity index (χ0n) is 35.3. The Labute approximate surface area is 370 Å². The molecule has 19 nitrogen and oxygen atoms in total. The molecule has 0 aromatic heterocycles. The second-order valence-electron chi connectivity index (χ2n) is 14.1. The van der Waals surface area contributed by atoms with Gasteiger partial charge in [-0.05, 0) is 16.7 Å². The molecule has 1 heterocycles. The van der Waals surface area contributed by atoms with Crippen LogP contribution in [-0.2, 0) is 99.9 Å². The average molecular weight is 939 g/mol. The molecule has 0 radical (unpaired) electrons. The maximum absolute atomic E-state index is 15.1. The van der Waals surface area contributed by atoms with E-state index in [0.717, 1.165) is 27.7 Å². The summed E-state index contributed by atoms with van der Waals surface area (Å²) in [6.45, 7) is -0.0713. The number of halogens is 3. The highest BCUT2D eigenvalue weighted by molar-refractivity contribution is 7.48. The second-order valence-corrected chi connectivity index (χ2v) is 15.7. The Morgan fingerprint density at radius 2 is 1.23 bits per heavy atom. The minimum Gasteiger partial charge on any atom is -0.462 e. The third kappa shape index (κ3) is 16.4. The van der Waals surface area contributed by atoms with Crippen LogP contribution in [0, 0.1) is 0 Å². The van der Waals surface area contributed by atoms with Crippen LogP contribution in [0.3, 0.4) is 0 Å². The first-order valence-corrected chi connectivity index (χ1v) is 21.0. The van der Waals surface area contributed by atoms with Crippen LogP contribution < -0.4 is 10.6 Å². The molecule has 23 heteroatoms. The Morgan fingerprint density at radius 1 is 0.723 bits per heavy atom. The molecule has 1 saturated heterocycles. The van der Waals surface area contributed by atoms with Crippen molar-refractivity contribution in [1.82, 2.24) is 10.6 Å². The summed E-state index contributed by atoms with van der Waals surface area (Å²) in [5.41, 5.74) is 1.28. The molecule has 2 amide bonds. The van der Waals surface area contributed by atoms with Gasteiger partial charge in [0.2, 0.25) is 5.91 Å². The summed E-state index contributed by atoms with van der Waals surface area (Å²) in [4.78, 5) is 90.0. The van der Waals surface area contributed by atoms with Crippen molar-refractivity contribution in [3.63, 3.8) is 0 Å². The van der Waals surface area contributed by atoms with Gasteiger partial charge in [0.05, 0.1) is 32.2 Å². The molecular weight excluding hydrogens is 892 g/mol. The van der Waals surface area contributed by atoms with E-state index in [2.05, 4.69) is 5.32 Å². The first kappa shape index (κ1) is 51.4. The van der Waals surface area contributed by atoms with E-state index < -0.39 is 131 Å². The number of rotatable bonds is 21. The summed E-state index contributed by atoms with van der Waals surface area (Å²) in [6.07, 6.45) is -14.7. The molecule has 3 aromatic rings. The molecule has 65 heavy (non-hydrogen) atoms. The van der Waals surface area contributed by atoms with E-state index in [-0.39, 0.29) is 0 Å². The fourth-order valence-corrected chi connectivity index (χ4v) is 7.51. The van der Waals surface area contributed by atoms with Gasteiger partial charge in [0.25, 0.3) is 5.79 Å². The number of hydrogen-bond acceptors (Lipinski definition) is 17. The van der Waals surface area contributed by atoms with E-state index in [1.807, 2.05) is 0 Å². The normalized spacial score (nSPS) is 19.3. The van der Waals surface area contributed by atoms with Crippen LogP contribution in [0.4, 0.5) is 13.2 Å². The molecular formula is C42H46F3N2O17P. The number of ether oxygens (including phenoxy) is 6. The van der Waals surface area contributed by atoms with Gasteiger partial charge < -0.3 is 39.1 Å². The summed E-state index contributed by atoms with van der Waals surface area (Å²) in [7, 11) is -5.21. The lowest BCUT2D eigenvalue weighted by Gasteiger charge is -2.48. The Balaban J connectivity index is 1.95. The van der Waals surface area contributed by atoms with Crippen LogP contribution in [-0.4, -0.2) is 97.2 Å². The molecule has 0 spiro atoms. The van der Waals surface area contributed by atoms with Crippen LogP contribution in [0.15, 0.2) is 91.0 Å². The number of amides is 2. The number of carbonyl (C=O) groups excluding carboxylic acids is 7. The highest BCUT2D eigenvalue weighted by Gasteiger charge is 2.62. The van der Waals surface area contributed by atoms with E-state index >= 15 is 4.57 Å². The maximum atomic E-state index is 15.1. The van der Waals surface area contributed by atoms with Gasteiger partial charge in [0.1, 0.15) is 25.4 Å². The highest BCUT2D eigenvalue weighted by atomic mass is 31.2. The molecule has 6 atom stereocenters. The van der Waals surface area contributed by atoms with Crippen LogP contribution in [0.2, 0.25) is 0 Å². The van der Waals surface area contributed by atoms with E-state index in [9.17, 15) is 46.7 Å². The average Bonchev–Trinajstić information content (AvgIpc) is 3.25. The first-order chi connectivity index (χ1) is 30.7. The molecule has 3 aromatic carbocycles. The minimum absolute atomic E-state index is 0.406. The summed E-state index contributed by atoms with van der Waals surface area (Å²) < 4.78 is 106. The molecule has 0 bridgehead atoms. The van der Waals surface area contributed by atoms with Crippen molar-refractivity contribution in [2.75, 3.05) is 13.2 Å². The van der Waals surface area contributed by atoms with Crippen LogP contribution in [0.1, 0.15) is 50.8 Å². The monoisotopic (exact) mass is 938 g/mol. The Morgan fingerprint density at radius 3 is 1.69 bits per heavy atom. The molecule has 0 aliphatic carbocycles. The van der Waals surface area contributed by atoms with Gasteiger partial charge in [0.15, 0.2) is 12.2 Å². The summed E-state index contributed by atoms with van der Waals surface area (Å²) in [5, 5.41) is 3.62. The predicted molar refractivity (Wildman–Crippen MR) is 214 cm³/mol. The zero-order chi connectivity index (χ0) is 47.8. The number of hydrogen-bond donors (Lipinski definition) is 2. The van der Waals surface area contributed by atoms with Crippen molar-refractivity contribution >= 4 is 49.5 Å². The predicted octanol–water partition coefficient (Wildman–Crippen LogP) is 4.29. The van der Waals surface area contributed by atoms with Crippen LogP contribution >= 0.6 is 7.82 Å². The molecule has 1 aliphatic heterocycles. The number of phosphoric ester groups is 1. The van der Waals surface area contributed by atoms with Crippen molar-refractivity contribution in [2.45, 2.75) is 96.4 Å². The number of phosphoric acid groups is 1. The van der Waals surface area contributed by atoms with Gasteiger partial charge in [0, 0.05) is 27.7 Å². The van der Waals surface area contributed by atoms with Crippen LogP contribution in [0.5, 0.6) is 0 Å². The van der Waals surface area contributed by atoms with Gasteiger partial charge in [-0.1, -0.05) is 91.0 Å². The molecule has 2 N–H and O–H groups in total. The van der Waals surface area contributed by atoms with Gasteiger partial charge in [-0.15, -0.1) is 0 Å². The number of nitrogens with one attached hydrogen (secondary N) is 2. The number of carbonyl (C=O) groups is 7. The molecule has 4 rings (SSSR count). The quantitative estimate of drug-likeness (QED) is 0.0859. The fraction of sp³-hybridized carbons (Fsp3) is 0.405. The number of esters is 5. The van der Waals surface area contributed by atoms with Crippen molar-refractivity contribution in [2.24, 2.45) is 0 Å². The highest BCUT2D eigenvalue weighted by Crippen LogP contribution is 2.57. The Kier molecular flexibility index (Phi) is 18.7. The lowest BCUT2D eigenvalue weighted by Crippen LogP contribution is -2.69. The zero-order valence-corrected chi connectivity index (χ0v) is 36.2. The smallest absolute Gasteiger partial charge is 0.462 e. The van der Waals surface area contributed by atoms with E-state index in [1.54, 1.807) is 91.0 Å². The number of benzene rings is 3.